The smallest absolute Gasteiger partial charge is 0.329 e. The molecule has 3 heterocycles. The first-order valence-electron chi connectivity index (χ1n) is 22.9. The van der Waals surface area contributed by atoms with Crippen LogP contribution in [0.1, 0.15) is 118 Å². The molecule has 346 valence electrons. The molecule has 14 atom stereocenters. The lowest BCUT2D eigenvalue weighted by molar-refractivity contribution is -0.302. The second kappa shape index (κ2) is 22.0. The summed E-state index contributed by atoms with van der Waals surface area (Å²) in [7, 11) is 3.06. The van der Waals surface area contributed by atoms with Crippen LogP contribution in [0.4, 0.5) is 0 Å². The van der Waals surface area contributed by atoms with Crippen LogP contribution in [-0.4, -0.2) is 119 Å². The lowest BCUT2D eigenvalue weighted by Gasteiger charge is -2.47. The molecule has 5 rings (SSSR count). The second-order valence-corrected chi connectivity index (χ2v) is 18.9. The Morgan fingerprint density at radius 1 is 0.887 bits per heavy atom. The number of carbonyl (C=O) groups excluding carboxylic acids is 4. The van der Waals surface area contributed by atoms with Crippen molar-refractivity contribution in [3.63, 3.8) is 0 Å². The minimum absolute atomic E-state index is 0.0269. The molecule has 1 amide bonds. The number of carbonyl (C=O) groups is 4. The Labute approximate surface area is 368 Å². The van der Waals surface area contributed by atoms with E-state index in [4.69, 9.17) is 23.7 Å². The summed E-state index contributed by atoms with van der Waals surface area (Å²) in [6.45, 7) is 13.2. The fourth-order valence-electron chi connectivity index (χ4n) is 10.1. The van der Waals surface area contributed by atoms with E-state index in [-0.39, 0.29) is 49.5 Å². The van der Waals surface area contributed by atoms with Gasteiger partial charge in [-0.25, -0.2) is 4.79 Å². The van der Waals surface area contributed by atoms with Gasteiger partial charge in [0.1, 0.15) is 35.9 Å². The van der Waals surface area contributed by atoms with Crippen molar-refractivity contribution >= 4 is 23.4 Å². The lowest BCUT2D eigenvalue weighted by Crippen LogP contribution is -2.64. The molecule has 0 aromatic heterocycles. The Bertz CT molecular complexity index is 1760. The Balaban J connectivity index is 1.48. The van der Waals surface area contributed by atoms with Gasteiger partial charge in [-0.2, -0.15) is 0 Å². The van der Waals surface area contributed by atoms with Gasteiger partial charge in [0.15, 0.2) is 0 Å². The largest absolute Gasteiger partial charge is 0.488 e. The van der Waals surface area contributed by atoms with E-state index < -0.39 is 83.9 Å². The van der Waals surface area contributed by atoms with Gasteiger partial charge in [-0.3, -0.25) is 14.4 Å². The molecule has 0 radical (unpaired) electrons. The molecule has 0 spiro atoms. The summed E-state index contributed by atoms with van der Waals surface area (Å²) in [6, 6.07) is 6.55. The van der Waals surface area contributed by atoms with Crippen LogP contribution in [0.15, 0.2) is 47.6 Å². The zero-order valence-corrected chi connectivity index (χ0v) is 38.4. The molecule has 3 N–H and O–H groups in total. The number of rotatable bonds is 7. The first-order chi connectivity index (χ1) is 29.4. The van der Waals surface area contributed by atoms with Crippen molar-refractivity contribution in [1.82, 2.24) is 4.90 Å². The number of aliphatic hydroxyl groups excluding tert-OH is 2. The highest BCUT2D eigenvalue weighted by Crippen LogP contribution is 2.39. The Hall–Kier alpha value is -3.46. The molecule has 2 bridgehead atoms. The number of piperidine rings is 1. The number of aliphatic hydroxyl groups is 3. The van der Waals surface area contributed by atoms with Crippen molar-refractivity contribution in [3.05, 3.63) is 53.1 Å². The topological polar surface area (TPSA) is 178 Å². The van der Waals surface area contributed by atoms with Crippen molar-refractivity contribution in [2.24, 2.45) is 29.6 Å². The maximum absolute atomic E-state index is 14.4. The number of cyclic esters (lactones) is 1. The minimum atomic E-state index is -2.51. The number of allylic oxidation sites excluding steroid dienone is 3. The van der Waals surface area contributed by atoms with E-state index in [1.54, 1.807) is 13.8 Å². The molecule has 4 aliphatic rings. The average molecular weight is 868 g/mol. The highest BCUT2D eigenvalue weighted by atomic mass is 16.7. The number of hydrogen-bond donors (Lipinski definition) is 3. The molecule has 13 nitrogen and oxygen atoms in total. The number of aryl methyl sites for hydroxylation is 1. The fraction of sp³-hybridized carbons (Fsp3) is 0.714. The van der Waals surface area contributed by atoms with Crippen molar-refractivity contribution in [1.29, 1.82) is 0 Å². The van der Waals surface area contributed by atoms with E-state index in [1.165, 1.54) is 19.1 Å². The summed E-state index contributed by atoms with van der Waals surface area (Å²) in [6.07, 6.45) is 3.23. The van der Waals surface area contributed by atoms with Crippen LogP contribution >= 0.6 is 0 Å². The van der Waals surface area contributed by atoms with E-state index in [2.05, 4.69) is 6.92 Å². The molecule has 2 saturated heterocycles. The SMILES string of the molecule is CCC1/C=C(\C)CC(C)CC(OC)C2OC(O)(C(=O)C(=O)N3CCCCC3C(=O)OC(C(C)=CC3CCC(Oc4ccc(C)cc4)C(O)C3)C(C)C(O)CC1=O)C(C)CC2OC. The van der Waals surface area contributed by atoms with Gasteiger partial charge in [-0.1, -0.05) is 63.1 Å². The van der Waals surface area contributed by atoms with Crippen molar-refractivity contribution in [2.45, 2.75) is 174 Å². The van der Waals surface area contributed by atoms with Crippen molar-refractivity contribution in [2.75, 3.05) is 20.8 Å². The molecule has 13 heteroatoms. The molecule has 3 aliphatic heterocycles. The third-order valence-electron chi connectivity index (χ3n) is 13.9. The van der Waals surface area contributed by atoms with Gasteiger partial charge in [0.05, 0.1) is 24.4 Å². The molecule has 1 aliphatic carbocycles. The summed E-state index contributed by atoms with van der Waals surface area (Å²) in [4.78, 5) is 58.1. The van der Waals surface area contributed by atoms with Gasteiger partial charge >= 0.3 is 5.97 Å². The monoisotopic (exact) mass is 868 g/mol. The third-order valence-corrected chi connectivity index (χ3v) is 13.9. The molecule has 3 fully saturated rings. The van der Waals surface area contributed by atoms with Crippen LogP contribution in [0.5, 0.6) is 5.75 Å². The number of nitrogens with zero attached hydrogens (tertiary/aromatic N) is 1. The Kier molecular flexibility index (Phi) is 17.5. The standard InChI is InChI=1S/C49H73NO12/c1-10-35-22-29(3)21-30(4)23-42(58-8)45-43(59-9)25-32(6)49(57,62-45)46(54)47(55)50-20-12-11-13-37(50)48(56)61-44(33(7)38(51)27-39(35)52)31(5)24-34-16-19-41(40(53)26-34)60-36-17-14-28(2)15-18-36/h14-15,17-18,22,24,30,32-35,37-38,40-45,51,53,57H,10-13,16,19-21,23,25-27H2,1-9H3/b29-22+,31-24?. The summed E-state index contributed by atoms with van der Waals surface area (Å²) in [5.74, 6) is -7.01. The first-order valence-corrected chi connectivity index (χ1v) is 22.9. The lowest BCUT2D eigenvalue weighted by atomic mass is 9.81. The van der Waals surface area contributed by atoms with E-state index in [1.807, 2.05) is 64.1 Å². The number of hydrogen-bond acceptors (Lipinski definition) is 12. The molecule has 1 aromatic rings. The molecule has 1 saturated carbocycles. The Morgan fingerprint density at radius 3 is 2.21 bits per heavy atom. The number of ether oxygens (including phenoxy) is 5. The van der Waals surface area contributed by atoms with Crippen LogP contribution in [0, 0.1) is 36.5 Å². The maximum Gasteiger partial charge on any atom is 0.329 e. The van der Waals surface area contributed by atoms with Gasteiger partial charge in [-0.05, 0) is 115 Å². The summed E-state index contributed by atoms with van der Waals surface area (Å²) < 4.78 is 30.5. The highest BCUT2D eigenvalue weighted by molar-refractivity contribution is 6.39. The van der Waals surface area contributed by atoms with Crippen LogP contribution < -0.4 is 4.74 Å². The summed E-state index contributed by atoms with van der Waals surface area (Å²) >= 11 is 0. The zero-order valence-electron chi connectivity index (χ0n) is 38.4. The molecule has 62 heavy (non-hydrogen) atoms. The minimum Gasteiger partial charge on any atom is -0.488 e. The number of methoxy groups -OCH3 is 2. The van der Waals surface area contributed by atoms with Gasteiger partial charge in [0, 0.05) is 44.9 Å². The molecular weight excluding hydrogens is 795 g/mol. The van der Waals surface area contributed by atoms with E-state index >= 15 is 0 Å². The Morgan fingerprint density at radius 2 is 1.56 bits per heavy atom. The third kappa shape index (κ3) is 11.8. The predicted octanol–water partition coefficient (Wildman–Crippen LogP) is 6.21. The maximum atomic E-state index is 14.4. The second-order valence-electron chi connectivity index (χ2n) is 18.9. The van der Waals surface area contributed by atoms with E-state index in [9.17, 15) is 34.5 Å². The summed E-state index contributed by atoms with van der Waals surface area (Å²) in [5.41, 5.74) is 2.73. The molecule has 14 unspecified atom stereocenters. The zero-order chi connectivity index (χ0) is 45.5. The first kappa shape index (κ1) is 49.6. The number of esters is 1. The molecular formula is C49H73NO12. The quantitative estimate of drug-likeness (QED) is 0.161. The number of ketones is 2. The average Bonchev–Trinajstić information content (AvgIpc) is 3.24. The number of amides is 1. The molecule has 1 aromatic carbocycles. The predicted molar refractivity (Wildman–Crippen MR) is 233 cm³/mol. The van der Waals surface area contributed by atoms with Crippen molar-refractivity contribution in [3.8, 4) is 5.75 Å². The van der Waals surface area contributed by atoms with Crippen molar-refractivity contribution < 1.29 is 58.2 Å². The van der Waals surface area contributed by atoms with Crippen LogP contribution in [0.25, 0.3) is 0 Å². The van der Waals surface area contributed by atoms with E-state index in [0.717, 1.165) is 11.1 Å². The number of Topliss-reactive ketones (excluding diaryl/α,β-unsaturated/α-hetero) is 2. The van der Waals surface area contributed by atoms with Gasteiger partial charge < -0.3 is 43.9 Å². The summed E-state index contributed by atoms with van der Waals surface area (Å²) in [5, 5.41) is 35.0. The normalized spacial score (nSPS) is 38.6. The number of fused-ring (bicyclic) bond motifs is 3. The fourth-order valence-corrected chi connectivity index (χ4v) is 10.1. The highest BCUT2D eigenvalue weighted by Gasteiger charge is 2.56. The number of benzene rings is 1. The van der Waals surface area contributed by atoms with Gasteiger partial charge in [-0.15, -0.1) is 0 Å². The van der Waals surface area contributed by atoms with Gasteiger partial charge in [0.2, 0.25) is 5.79 Å². The van der Waals surface area contributed by atoms with Crippen LogP contribution in [0.2, 0.25) is 0 Å². The van der Waals surface area contributed by atoms with Gasteiger partial charge in [0.25, 0.3) is 11.7 Å². The van der Waals surface area contributed by atoms with Crippen LogP contribution in [0.3, 0.4) is 0 Å². The van der Waals surface area contributed by atoms with Crippen LogP contribution in [-0.2, 0) is 38.1 Å². The van der Waals surface area contributed by atoms with E-state index in [0.29, 0.717) is 62.7 Å².